The van der Waals surface area contributed by atoms with E-state index < -0.39 is 60.6 Å². The predicted octanol–water partition coefficient (Wildman–Crippen LogP) is 10.2. The van der Waals surface area contributed by atoms with Gasteiger partial charge in [-0.25, -0.2) is 0 Å². The molecule has 0 N–H and O–H groups in total. The van der Waals surface area contributed by atoms with Crippen LogP contribution in [0.3, 0.4) is 0 Å². The number of ether oxygens (including phenoxy) is 9. The first-order valence-corrected chi connectivity index (χ1v) is 24.8. The highest BCUT2D eigenvalue weighted by molar-refractivity contribution is 6.00. The van der Waals surface area contributed by atoms with E-state index in [1.807, 2.05) is 212 Å². The molecule has 1 aliphatic heterocycles. The Morgan fingerprint density at radius 2 is 0.784 bits per heavy atom. The van der Waals surface area contributed by atoms with E-state index in [0.717, 1.165) is 38.9 Å². The van der Waals surface area contributed by atoms with Crippen LogP contribution in [-0.2, 0) is 98.5 Å². The fourth-order valence-corrected chi connectivity index (χ4v) is 8.42. The summed E-state index contributed by atoms with van der Waals surface area (Å²) in [6.45, 7) is 0.478. The summed E-state index contributed by atoms with van der Waals surface area (Å²) in [5.41, 5.74) is 6.06. The largest absolute Gasteiger partial charge is 0.369 e. The summed E-state index contributed by atoms with van der Waals surface area (Å²) >= 11 is 0. The zero-order valence-electron chi connectivity index (χ0n) is 41.5. The summed E-state index contributed by atoms with van der Waals surface area (Å²) < 4.78 is 58.8. The molecular formula is C63H62O11. The molecule has 11 nitrogen and oxygen atoms in total. The maximum atomic E-state index is 15.3. The molecule has 0 saturated carbocycles. The summed E-state index contributed by atoms with van der Waals surface area (Å²) in [6.07, 6.45) is -8.76. The molecule has 0 bridgehead atoms. The lowest BCUT2D eigenvalue weighted by atomic mass is 9.96. The highest BCUT2D eigenvalue weighted by Crippen LogP contribution is 2.31. The Morgan fingerprint density at radius 3 is 1.20 bits per heavy atom. The number of methoxy groups -OCH3 is 1. The number of carbonyl (C=O) groups is 2. The number of ketones is 2. The summed E-state index contributed by atoms with van der Waals surface area (Å²) in [5.74, 6) is 4.89. The molecule has 11 heteroatoms. The molecule has 1 aliphatic rings. The number of benzene rings is 7. The maximum absolute atomic E-state index is 15.3. The van der Waals surface area contributed by atoms with Crippen molar-refractivity contribution in [3.8, 4) is 11.8 Å². The summed E-state index contributed by atoms with van der Waals surface area (Å²) in [4.78, 5) is 29.9. The molecule has 1 heterocycles. The standard InChI is InChI=1S/C63H62O11/c1-66-63-62(73-45-53-35-21-8-22-36-53)61(72-44-52-33-19-7-20-34-52)59(70-42-50-29-15-5-16-30-50)56(74-63)38-37-54(64)57(68-40-48-25-11-3-12-26-48)60(71-43-51-31-17-6-18-32-51)58(69-41-49-27-13-4-14-28-49)55(65)46-67-39-47-23-9-2-10-24-47/h2-36,56-63H,39-46H2,1H3/t56-,57-,58-,59-,60-,61+,62-,63+/m1/s1. The Hall–Kier alpha value is -6.92. The first kappa shape index (κ1) is 53.4. The molecule has 7 aromatic rings. The average Bonchev–Trinajstić information content (AvgIpc) is 3.46. The van der Waals surface area contributed by atoms with Gasteiger partial charge in [0.25, 0.3) is 0 Å². The quantitative estimate of drug-likeness (QED) is 0.0362. The van der Waals surface area contributed by atoms with Crippen molar-refractivity contribution in [3.63, 3.8) is 0 Å². The second-order valence-corrected chi connectivity index (χ2v) is 17.7. The van der Waals surface area contributed by atoms with Gasteiger partial charge in [0, 0.05) is 7.11 Å². The Labute approximate surface area is 434 Å². The minimum atomic E-state index is -1.47. The van der Waals surface area contributed by atoms with Gasteiger partial charge in [0.2, 0.25) is 5.78 Å². The Bertz CT molecular complexity index is 2760. The van der Waals surface area contributed by atoms with Crippen molar-refractivity contribution in [2.75, 3.05) is 13.7 Å². The maximum Gasteiger partial charge on any atom is 0.237 e. The van der Waals surface area contributed by atoms with Crippen molar-refractivity contribution in [1.29, 1.82) is 0 Å². The average molecular weight is 995 g/mol. The van der Waals surface area contributed by atoms with Gasteiger partial charge in [-0.3, -0.25) is 9.59 Å². The molecule has 8 atom stereocenters. The molecule has 0 aromatic heterocycles. The van der Waals surface area contributed by atoms with Crippen molar-refractivity contribution < 1.29 is 52.2 Å². The van der Waals surface area contributed by atoms with Crippen LogP contribution in [0.5, 0.6) is 0 Å². The van der Waals surface area contributed by atoms with Crippen LogP contribution in [0.15, 0.2) is 212 Å². The summed E-state index contributed by atoms with van der Waals surface area (Å²) in [6, 6.07) is 67.3. The van der Waals surface area contributed by atoms with E-state index in [1.54, 1.807) is 0 Å². The van der Waals surface area contributed by atoms with Crippen LogP contribution in [0, 0.1) is 11.8 Å². The van der Waals surface area contributed by atoms with Crippen LogP contribution in [0.4, 0.5) is 0 Å². The predicted molar refractivity (Wildman–Crippen MR) is 280 cm³/mol. The van der Waals surface area contributed by atoms with E-state index in [4.69, 9.17) is 42.6 Å². The van der Waals surface area contributed by atoms with Gasteiger partial charge in [0.15, 0.2) is 24.3 Å². The Kier molecular flexibility index (Phi) is 21.0. The van der Waals surface area contributed by atoms with Crippen molar-refractivity contribution in [3.05, 3.63) is 251 Å². The first-order valence-electron chi connectivity index (χ1n) is 24.8. The summed E-state index contributed by atoms with van der Waals surface area (Å²) in [7, 11) is 1.52. The van der Waals surface area contributed by atoms with Crippen LogP contribution in [-0.4, -0.2) is 74.3 Å². The zero-order chi connectivity index (χ0) is 51.0. The van der Waals surface area contributed by atoms with Gasteiger partial charge in [-0.1, -0.05) is 218 Å². The molecule has 0 unspecified atom stereocenters. The van der Waals surface area contributed by atoms with Crippen molar-refractivity contribution in [2.24, 2.45) is 0 Å². The van der Waals surface area contributed by atoms with E-state index in [2.05, 4.69) is 11.8 Å². The highest BCUT2D eigenvalue weighted by atomic mass is 16.7. The van der Waals surface area contributed by atoms with Crippen LogP contribution in [0.2, 0.25) is 0 Å². The van der Waals surface area contributed by atoms with E-state index in [-0.39, 0.29) is 52.9 Å². The SMILES string of the molecule is CO[C@H]1O[C@H](C#CC(=O)[C@@H](OCc2ccccc2)[C@@H](OCc2ccccc2)[C@H](OCc2ccccc2)C(=O)COCc2ccccc2)[C@@H](OCc2ccccc2)[C@H](OCc2ccccc2)[C@H]1OCc1ccccc1. The van der Waals surface area contributed by atoms with Gasteiger partial charge in [-0.15, -0.1) is 0 Å². The smallest absolute Gasteiger partial charge is 0.237 e. The molecule has 0 radical (unpaired) electrons. The normalized spacial score (nSPS) is 18.6. The topological polar surface area (TPSA) is 117 Å². The number of carbonyl (C=O) groups excluding carboxylic acids is 2. The molecule has 74 heavy (non-hydrogen) atoms. The first-order chi connectivity index (χ1) is 36.5. The minimum absolute atomic E-state index is 0.0153. The van der Waals surface area contributed by atoms with Gasteiger partial charge in [-0.05, 0) is 44.9 Å². The lowest BCUT2D eigenvalue weighted by Gasteiger charge is -2.44. The van der Waals surface area contributed by atoms with Gasteiger partial charge in [0.05, 0.1) is 46.2 Å². The molecule has 0 aliphatic carbocycles. The van der Waals surface area contributed by atoms with Crippen LogP contribution in [0.1, 0.15) is 38.9 Å². The number of rotatable bonds is 27. The van der Waals surface area contributed by atoms with Crippen LogP contribution < -0.4 is 0 Å². The lowest BCUT2D eigenvalue weighted by molar-refractivity contribution is -0.307. The van der Waals surface area contributed by atoms with Crippen molar-refractivity contribution in [2.45, 2.75) is 95.3 Å². The van der Waals surface area contributed by atoms with E-state index >= 15 is 4.79 Å². The third-order valence-corrected chi connectivity index (χ3v) is 12.3. The third-order valence-electron chi connectivity index (χ3n) is 12.3. The van der Waals surface area contributed by atoms with Crippen molar-refractivity contribution >= 4 is 11.6 Å². The number of hydrogen-bond donors (Lipinski definition) is 0. The molecule has 0 amide bonds. The van der Waals surface area contributed by atoms with E-state index in [0.29, 0.717) is 0 Å². The highest BCUT2D eigenvalue weighted by Gasteiger charge is 2.49. The second-order valence-electron chi connectivity index (χ2n) is 17.7. The fraction of sp³-hybridized carbons (Fsp3) is 0.270. The molecule has 380 valence electrons. The monoisotopic (exact) mass is 994 g/mol. The summed E-state index contributed by atoms with van der Waals surface area (Å²) in [5, 5.41) is 0. The Balaban J connectivity index is 1.16. The van der Waals surface area contributed by atoms with E-state index in [1.165, 1.54) is 7.11 Å². The zero-order valence-corrected chi connectivity index (χ0v) is 41.5. The van der Waals surface area contributed by atoms with Crippen LogP contribution in [0.25, 0.3) is 0 Å². The molecular weight excluding hydrogens is 933 g/mol. The van der Waals surface area contributed by atoms with E-state index in [9.17, 15) is 4.79 Å². The van der Waals surface area contributed by atoms with Gasteiger partial charge in [-0.2, -0.15) is 0 Å². The van der Waals surface area contributed by atoms with Crippen LogP contribution >= 0.6 is 0 Å². The molecule has 1 saturated heterocycles. The lowest BCUT2D eigenvalue weighted by Crippen LogP contribution is -2.60. The number of Topliss-reactive ketones (excluding diaryl/α,β-unsaturated/α-hetero) is 2. The molecule has 0 spiro atoms. The van der Waals surface area contributed by atoms with Gasteiger partial charge in [0.1, 0.15) is 37.1 Å². The van der Waals surface area contributed by atoms with Crippen molar-refractivity contribution in [1.82, 2.24) is 0 Å². The van der Waals surface area contributed by atoms with Gasteiger partial charge < -0.3 is 42.6 Å². The molecule has 8 rings (SSSR count). The fourth-order valence-electron chi connectivity index (χ4n) is 8.42. The Morgan fingerprint density at radius 1 is 0.432 bits per heavy atom. The third kappa shape index (κ3) is 16.3. The molecule has 7 aromatic carbocycles. The minimum Gasteiger partial charge on any atom is -0.369 e. The number of hydrogen-bond acceptors (Lipinski definition) is 11. The second kappa shape index (κ2) is 29.1. The van der Waals surface area contributed by atoms with Gasteiger partial charge >= 0.3 is 0 Å². The molecule has 1 fully saturated rings.